The van der Waals surface area contributed by atoms with Gasteiger partial charge in [0.2, 0.25) is 5.43 Å². The van der Waals surface area contributed by atoms with Gasteiger partial charge in [0.05, 0.1) is 6.20 Å². The Labute approximate surface area is 137 Å². The van der Waals surface area contributed by atoms with Crippen molar-refractivity contribution in [1.82, 2.24) is 9.47 Å². The lowest BCUT2D eigenvalue weighted by Gasteiger charge is -2.20. The quantitative estimate of drug-likeness (QED) is 0.822. The Balaban J connectivity index is 1.61. The molecular formula is C19H24N2O2. The van der Waals surface area contributed by atoms with Gasteiger partial charge in [-0.3, -0.25) is 4.79 Å². The molecule has 1 fully saturated rings. The van der Waals surface area contributed by atoms with Crippen molar-refractivity contribution in [3.05, 3.63) is 64.6 Å². The van der Waals surface area contributed by atoms with Crippen LogP contribution in [0.4, 0.5) is 0 Å². The van der Waals surface area contributed by atoms with Crippen LogP contribution in [-0.4, -0.2) is 29.1 Å². The summed E-state index contributed by atoms with van der Waals surface area (Å²) in [6, 6.07) is 12.2. The minimum absolute atomic E-state index is 0.0600. The van der Waals surface area contributed by atoms with Crippen molar-refractivity contribution in [3.8, 4) is 5.75 Å². The second-order valence-electron chi connectivity index (χ2n) is 6.25. The summed E-state index contributed by atoms with van der Waals surface area (Å²) < 4.78 is 7.78. The molecule has 23 heavy (non-hydrogen) atoms. The highest BCUT2D eigenvalue weighted by molar-refractivity contribution is 5.19. The number of aryl methyl sites for hydroxylation is 1. The predicted octanol–water partition coefficient (Wildman–Crippen LogP) is 2.91. The highest BCUT2D eigenvalue weighted by Gasteiger charge is 2.20. The topological polar surface area (TPSA) is 34.5 Å². The first-order valence-corrected chi connectivity index (χ1v) is 8.29. The van der Waals surface area contributed by atoms with Gasteiger partial charge < -0.3 is 14.2 Å². The first-order chi connectivity index (χ1) is 11.2. The molecule has 4 nitrogen and oxygen atoms in total. The summed E-state index contributed by atoms with van der Waals surface area (Å²) in [5.74, 6) is 0.427. The van der Waals surface area contributed by atoms with E-state index in [4.69, 9.17) is 4.74 Å². The van der Waals surface area contributed by atoms with Crippen LogP contribution in [0.15, 0.2) is 53.6 Å². The Morgan fingerprint density at radius 1 is 1.22 bits per heavy atom. The Morgan fingerprint density at radius 2 is 2.04 bits per heavy atom. The van der Waals surface area contributed by atoms with Gasteiger partial charge >= 0.3 is 0 Å². The van der Waals surface area contributed by atoms with Crippen LogP contribution in [0.5, 0.6) is 5.75 Å². The number of ether oxygens (including phenoxy) is 1. The van der Waals surface area contributed by atoms with Crippen molar-refractivity contribution in [2.24, 2.45) is 0 Å². The third kappa shape index (κ3) is 4.23. The second kappa shape index (κ2) is 7.47. The van der Waals surface area contributed by atoms with Crippen LogP contribution < -0.4 is 10.2 Å². The number of pyridine rings is 1. The molecule has 1 aliphatic heterocycles. The van der Waals surface area contributed by atoms with E-state index in [2.05, 4.69) is 16.5 Å². The van der Waals surface area contributed by atoms with Gasteiger partial charge in [-0.05, 0) is 38.4 Å². The summed E-state index contributed by atoms with van der Waals surface area (Å²) in [5.41, 5.74) is 1.00. The molecule has 1 saturated heterocycles. The van der Waals surface area contributed by atoms with Crippen molar-refractivity contribution in [2.75, 3.05) is 13.6 Å². The van der Waals surface area contributed by atoms with Gasteiger partial charge in [-0.25, -0.2) is 0 Å². The third-order valence-corrected chi connectivity index (χ3v) is 4.57. The van der Waals surface area contributed by atoms with Crippen LogP contribution in [0.25, 0.3) is 0 Å². The van der Waals surface area contributed by atoms with Gasteiger partial charge in [-0.15, -0.1) is 0 Å². The van der Waals surface area contributed by atoms with E-state index in [-0.39, 0.29) is 5.43 Å². The Bertz CT molecular complexity index is 681. The average molecular weight is 312 g/mol. The highest BCUT2D eigenvalue weighted by atomic mass is 16.5. The Morgan fingerprint density at radius 3 is 2.78 bits per heavy atom. The number of hydrogen-bond acceptors (Lipinski definition) is 3. The molecule has 0 N–H and O–H groups in total. The van der Waals surface area contributed by atoms with E-state index in [1.54, 1.807) is 6.07 Å². The molecule has 0 spiro atoms. The fraction of sp³-hybridized carbons (Fsp3) is 0.421. The lowest BCUT2D eigenvalue weighted by atomic mass is 10.1. The molecule has 0 radical (unpaired) electrons. The maximum atomic E-state index is 12.0. The van der Waals surface area contributed by atoms with Crippen molar-refractivity contribution in [2.45, 2.75) is 38.5 Å². The normalized spacial score (nSPS) is 18.2. The molecule has 3 rings (SSSR count). The highest BCUT2D eigenvalue weighted by Crippen LogP contribution is 2.18. The molecule has 1 aromatic carbocycles. The van der Waals surface area contributed by atoms with E-state index in [0.29, 0.717) is 18.4 Å². The van der Waals surface area contributed by atoms with E-state index in [9.17, 15) is 4.79 Å². The van der Waals surface area contributed by atoms with Crippen LogP contribution in [0.1, 0.15) is 24.8 Å². The minimum atomic E-state index is -0.0600. The lowest BCUT2D eigenvalue weighted by molar-refractivity contribution is 0.282. The SMILES string of the molecule is CN1CCCC1CCn1ccc(=O)c(OCc2ccccc2)c1. The first-order valence-electron chi connectivity index (χ1n) is 8.29. The molecule has 4 heteroatoms. The predicted molar refractivity (Wildman–Crippen MR) is 91.7 cm³/mol. The summed E-state index contributed by atoms with van der Waals surface area (Å²) in [6.07, 6.45) is 7.36. The molecule has 0 bridgehead atoms. The van der Waals surface area contributed by atoms with Crippen LogP contribution in [0, 0.1) is 0 Å². The fourth-order valence-electron chi connectivity index (χ4n) is 3.13. The van der Waals surface area contributed by atoms with Gasteiger partial charge in [0.25, 0.3) is 0 Å². The first kappa shape index (κ1) is 15.8. The van der Waals surface area contributed by atoms with Crippen LogP contribution in [-0.2, 0) is 13.2 Å². The van der Waals surface area contributed by atoms with Crippen molar-refractivity contribution in [3.63, 3.8) is 0 Å². The van der Waals surface area contributed by atoms with E-state index in [0.717, 1.165) is 18.5 Å². The standard InChI is InChI=1S/C19H24N2O2/c1-20-11-5-8-17(20)9-12-21-13-10-18(22)19(14-21)23-15-16-6-3-2-4-7-16/h2-4,6-7,10,13-14,17H,5,8-9,11-12,15H2,1H3. The number of nitrogens with zero attached hydrogens (tertiary/aromatic N) is 2. The van der Waals surface area contributed by atoms with Crippen LogP contribution in [0.2, 0.25) is 0 Å². The molecule has 122 valence electrons. The Hall–Kier alpha value is -2.07. The summed E-state index contributed by atoms with van der Waals surface area (Å²) >= 11 is 0. The zero-order chi connectivity index (χ0) is 16.1. The monoisotopic (exact) mass is 312 g/mol. The number of aromatic nitrogens is 1. The maximum Gasteiger partial charge on any atom is 0.223 e. The van der Waals surface area contributed by atoms with Gasteiger partial charge in [0, 0.05) is 24.8 Å². The summed E-state index contributed by atoms with van der Waals surface area (Å²) in [6.45, 7) is 2.53. The van der Waals surface area contributed by atoms with E-state index < -0.39 is 0 Å². The largest absolute Gasteiger partial charge is 0.483 e. The van der Waals surface area contributed by atoms with Crippen LogP contribution in [0.3, 0.4) is 0 Å². The second-order valence-corrected chi connectivity index (χ2v) is 6.25. The molecule has 1 unspecified atom stereocenters. The maximum absolute atomic E-state index is 12.0. The molecular weight excluding hydrogens is 288 g/mol. The molecule has 0 amide bonds. The number of benzene rings is 1. The van der Waals surface area contributed by atoms with Crippen LogP contribution >= 0.6 is 0 Å². The lowest BCUT2D eigenvalue weighted by Crippen LogP contribution is -2.26. The van der Waals surface area contributed by atoms with E-state index in [1.807, 2.05) is 42.7 Å². The van der Waals surface area contributed by atoms with E-state index in [1.165, 1.54) is 19.4 Å². The summed E-state index contributed by atoms with van der Waals surface area (Å²) in [5, 5.41) is 0. The molecule has 1 atom stereocenters. The molecule has 0 saturated carbocycles. The van der Waals surface area contributed by atoms with Gasteiger partial charge in [0.1, 0.15) is 6.61 Å². The zero-order valence-electron chi connectivity index (χ0n) is 13.6. The smallest absolute Gasteiger partial charge is 0.223 e. The number of likely N-dealkylation sites (tertiary alicyclic amines) is 1. The average Bonchev–Trinajstić information content (AvgIpc) is 2.99. The summed E-state index contributed by atoms with van der Waals surface area (Å²) in [7, 11) is 2.19. The molecule has 2 aromatic rings. The van der Waals surface area contributed by atoms with Crippen molar-refractivity contribution < 1.29 is 4.74 Å². The fourth-order valence-corrected chi connectivity index (χ4v) is 3.13. The summed E-state index contributed by atoms with van der Waals surface area (Å²) in [4.78, 5) is 14.4. The van der Waals surface area contributed by atoms with E-state index >= 15 is 0 Å². The van der Waals surface area contributed by atoms with Crippen molar-refractivity contribution >= 4 is 0 Å². The number of hydrogen-bond donors (Lipinski definition) is 0. The molecule has 2 heterocycles. The Kier molecular flexibility index (Phi) is 5.13. The molecule has 1 aromatic heterocycles. The minimum Gasteiger partial charge on any atom is -0.483 e. The molecule has 0 aliphatic carbocycles. The van der Waals surface area contributed by atoms with Gasteiger partial charge in [-0.2, -0.15) is 0 Å². The van der Waals surface area contributed by atoms with Crippen molar-refractivity contribution in [1.29, 1.82) is 0 Å². The van der Waals surface area contributed by atoms with Gasteiger partial charge in [-0.1, -0.05) is 30.3 Å². The molecule has 1 aliphatic rings. The number of rotatable bonds is 6. The van der Waals surface area contributed by atoms with Gasteiger partial charge in [0.15, 0.2) is 5.75 Å². The third-order valence-electron chi connectivity index (χ3n) is 4.57. The zero-order valence-corrected chi connectivity index (χ0v) is 13.6.